The molecule has 17 heavy (non-hydrogen) atoms. The van der Waals surface area contributed by atoms with Gasteiger partial charge >= 0.3 is 0 Å². The number of hydrogen-bond acceptors (Lipinski definition) is 3. The van der Waals surface area contributed by atoms with Crippen LogP contribution in [0.2, 0.25) is 0 Å². The van der Waals surface area contributed by atoms with Crippen LogP contribution >= 0.6 is 11.3 Å². The first-order valence-corrected chi connectivity index (χ1v) is 6.58. The van der Waals surface area contributed by atoms with Crippen molar-refractivity contribution in [2.75, 3.05) is 12.4 Å². The molecule has 3 heteroatoms. The first-order chi connectivity index (χ1) is 8.02. The maximum absolute atomic E-state index is 4.66. The SMILES string of the molecule is CNc1sc(-c2c(C)cc(C)cc2C)nc1C. The van der Waals surface area contributed by atoms with Gasteiger partial charge in [0.25, 0.3) is 0 Å². The fourth-order valence-corrected chi connectivity index (χ4v) is 3.35. The van der Waals surface area contributed by atoms with Gasteiger partial charge in [0.05, 0.1) is 5.69 Å². The number of nitrogens with one attached hydrogen (secondary N) is 1. The smallest absolute Gasteiger partial charge is 0.126 e. The van der Waals surface area contributed by atoms with Gasteiger partial charge in [0.15, 0.2) is 0 Å². The first kappa shape index (κ1) is 12.1. The zero-order valence-electron chi connectivity index (χ0n) is 11.0. The fourth-order valence-electron chi connectivity index (χ4n) is 2.25. The highest BCUT2D eigenvalue weighted by atomic mass is 32.1. The highest BCUT2D eigenvalue weighted by Crippen LogP contribution is 2.35. The number of aromatic nitrogens is 1. The first-order valence-electron chi connectivity index (χ1n) is 5.76. The Hall–Kier alpha value is -1.35. The summed E-state index contributed by atoms with van der Waals surface area (Å²) in [7, 11) is 1.94. The second-order valence-corrected chi connectivity index (χ2v) is 5.46. The van der Waals surface area contributed by atoms with Gasteiger partial charge < -0.3 is 5.32 Å². The Morgan fingerprint density at radius 1 is 1.06 bits per heavy atom. The molecule has 0 radical (unpaired) electrons. The molecule has 2 rings (SSSR count). The molecule has 0 bridgehead atoms. The normalized spacial score (nSPS) is 10.6. The minimum atomic E-state index is 1.08. The molecule has 0 aliphatic heterocycles. The van der Waals surface area contributed by atoms with Gasteiger partial charge in [0.1, 0.15) is 10.0 Å². The van der Waals surface area contributed by atoms with E-state index in [1.165, 1.54) is 22.3 Å². The van der Waals surface area contributed by atoms with Crippen molar-refractivity contribution in [1.29, 1.82) is 0 Å². The van der Waals surface area contributed by atoms with Crippen LogP contribution in [-0.4, -0.2) is 12.0 Å². The minimum absolute atomic E-state index is 1.08. The van der Waals surface area contributed by atoms with Crippen molar-refractivity contribution >= 4 is 16.3 Å². The summed E-state index contributed by atoms with van der Waals surface area (Å²) in [6.07, 6.45) is 0. The van der Waals surface area contributed by atoms with E-state index in [9.17, 15) is 0 Å². The second-order valence-electron chi connectivity index (χ2n) is 4.46. The molecule has 2 nitrogen and oxygen atoms in total. The van der Waals surface area contributed by atoms with E-state index < -0.39 is 0 Å². The Balaban J connectivity index is 2.60. The molecule has 0 spiro atoms. The maximum Gasteiger partial charge on any atom is 0.126 e. The summed E-state index contributed by atoms with van der Waals surface area (Å²) >= 11 is 1.72. The number of hydrogen-bond donors (Lipinski definition) is 1. The quantitative estimate of drug-likeness (QED) is 0.863. The number of anilines is 1. The number of rotatable bonds is 2. The molecule has 1 aromatic heterocycles. The molecule has 90 valence electrons. The van der Waals surface area contributed by atoms with Crippen LogP contribution in [-0.2, 0) is 0 Å². The van der Waals surface area contributed by atoms with Gasteiger partial charge in [-0.3, -0.25) is 0 Å². The topological polar surface area (TPSA) is 24.9 Å². The summed E-state index contributed by atoms with van der Waals surface area (Å²) < 4.78 is 0. The van der Waals surface area contributed by atoms with E-state index in [-0.39, 0.29) is 0 Å². The second kappa shape index (κ2) is 4.49. The van der Waals surface area contributed by atoms with Gasteiger partial charge in [-0.05, 0) is 38.8 Å². The van der Waals surface area contributed by atoms with Crippen LogP contribution in [0.15, 0.2) is 12.1 Å². The summed E-state index contributed by atoms with van der Waals surface area (Å²) in [6, 6.07) is 4.44. The van der Waals surface area contributed by atoms with Gasteiger partial charge in [-0.25, -0.2) is 4.98 Å². The van der Waals surface area contributed by atoms with Crippen LogP contribution < -0.4 is 5.32 Å². The summed E-state index contributed by atoms with van der Waals surface area (Å²) in [6.45, 7) is 8.50. The van der Waals surface area contributed by atoms with Crippen LogP contribution in [0.5, 0.6) is 0 Å². The number of nitrogens with zero attached hydrogens (tertiary/aromatic N) is 1. The van der Waals surface area contributed by atoms with Gasteiger partial charge in [0.2, 0.25) is 0 Å². The third-order valence-electron chi connectivity index (χ3n) is 2.91. The highest BCUT2D eigenvalue weighted by molar-refractivity contribution is 7.19. The molecule has 0 amide bonds. The van der Waals surface area contributed by atoms with Crippen LogP contribution in [0.1, 0.15) is 22.4 Å². The van der Waals surface area contributed by atoms with Gasteiger partial charge in [-0.1, -0.05) is 29.0 Å². The summed E-state index contributed by atoms with van der Waals surface area (Å²) in [5, 5.41) is 5.46. The summed E-state index contributed by atoms with van der Waals surface area (Å²) in [5.41, 5.74) is 6.28. The molecule has 0 atom stereocenters. The number of thiazole rings is 1. The van der Waals surface area contributed by atoms with Crippen LogP contribution in [0.25, 0.3) is 10.6 Å². The van der Waals surface area contributed by atoms with Crippen LogP contribution in [0, 0.1) is 27.7 Å². The van der Waals surface area contributed by atoms with Crippen molar-refractivity contribution in [2.45, 2.75) is 27.7 Å². The van der Waals surface area contributed by atoms with E-state index in [2.05, 4.69) is 43.2 Å². The lowest BCUT2D eigenvalue weighted by Gasteiger charge is -2.08. The number of aryl methyl sites for hydroxylation is 4. The van der Waals surface area contributed by atoms with Crippen molar-refractivity contribution in [3.05, 3.63) is 34.5 Å². The largest absolute Gasteiger partial charge is 0.378 e. The molecule has 1 aromatic carbocycles. The fraction of sp³-hybridized carbons (Fsp3) is 0.357. The van der Waals surface area contributed by atoms with Gasteiger partial charge in [-0.15, -0.1) is 0 Å². The van der Waals surface area contributed by atoms with E-state index >= 15 is 0 Å². The van der Waals surface area contributed by atoms with Crippen molar-refractivity contribution < 1.29 is 0 Å². The Morgan fingerprint density at radius 3 is 2.12 bits per heavy atom. The minimum Gasteiger partial charge on any atom is -0.378 e. The van der Waals surface area contributed by atoms with Crippen molar-refractivity contribution in [3.63, 3.8) is 0 Å². The Labute approximate surface area is 107 Å². The molecule has 0 fully saturated rings. The van der Waals surface area contributed by atoms with Gasteiger partial charge in [0, 0.05) is 12.6 Å². The lowest BCUT2D eigenvalue weighted by atomic mass is 10.0. The molecule has 0 aliphatic carbocycles. The molecular weight excluding hydrogens is 228 g/mol. The van der Waals surface area contributed by atoms with Crippen molar-refractivity contribution in [1.82, 2.24) is 4.98 Å². The Kier molecular flexibility index (Phi) is 3.20. The average Bonchev–Trinajstić information content (AvgIpc) is 2.57. The van der Waals surface area contributed by atoms with E-state index in [0.717, 1.165) is 15.7 Å². The lowest BCUT2D eigenvalue weighted by molar-refractivity contribution is 1.24. The molecule has 0 saturated carbocycles. The Morgan fingerprint density at radius 2 is 1.65 bits per heavy atom. The predicted octanol–water partition coefficient (Wildman–Crippen LogP) is 4.09. The Bertz CT molecular complexity index is 532. The zero-order chi connectivity index (χ0) is 12.6. The van der Waals surface area contributed by atoms with E-state index in [0.29, 0.717) is 0 Å². The molecule has 0 saturated heterocycles. The van der Waals surface area contributed by atoms with Crippen molar-refractivity contribution in [2.24, 2.45) is 0 Å². The lowest BCUT2D eigenvalue weighted by Crippen LogP contribution is -1.89. The summed E-state index contributed by atoms with van der Waals surface area (Å²) in [4.78, 5) is 4.66. The maximum atomic E-state index is 4.66. The molecule has 1 heterocycles. The van der Waals surface area contributed by atoms with Gasteiger partial charge in [-0.2, -0.15) is 0 Å². The average molecular weight is 246 g/mol. The third-order valence-corrected chi connectivity index (χ3v) is 4.11. The molecule has 0 unspecified atom stereocenters. The van der Waals surface area contributed by atoms with Crippen LogP contribution in [0.4, 0.5) is 5.00 Å². The molecule has 2 aromatic rings. The third kappa shape index (κ3) is 2.20. The standard InChI is InChI=1S/C14H18N2S/c1-8-6-9(2)12(10(3)7-8)14-16-11(4)13(15-5)17-14/h6-7,15H,1-5H3. The summed E-state index contributed by atoms with van der Waals surface area (Å²) in [5.74, 6) is 0. The molecular formula is C14H18N2S. The zero-order valence-corrected chi connectivity index (χ0v) is 11.8. The molecule has 0 aliphatic rings. The van der Waals surface area contributed by atoms with Crippen LogP contribution in [0.3, 0.4) is 0 Å². The van der Waals surface area contributed by atoms with E-state index in [1.54, 1.807) is 11.3 Å². The number of benzene rings is 1. The van der Waals surface area contributed by atoms with E-state index in [1.807, 2.05) is 14.0 Å². The predicted molar refractivity (Wildman–Crippen MR) is 76.0 cm³/mol. The van der Waals surface area contributed by atoms with E-state index in [4.69, 9.17) is 0 Å². The van der Waals surface area contributed by atoms with Crippen molar-refractivity contribution in [3.8, 4) is 10.6 Å². The highest BCUT2D eigenvalue weighted by Gasteiger charge is 2.12. The monoisotopic (exact) mass is 246 g/mol. The molecule has 1 N–H and O–H groups in total.